The Kier molecular flexibility index (Phi) is 5.13. The van der Waals surface area contributed by atoms with Crippen molar-refractivity contribution in [2.24, 2.45) is 7.05 Å². The molecule has 0 N–H and O–H groups in total. The molecule has 1 heterocycles. The maximum atomic E-state index is 11.3. The van der Waals surface area contributed by atoms with Crippen molar-refractivity contribution in [1.82, 2.24) is 9.78 Å². The van der Waals surface area contributed by atoms with E-state index in [0.717, 1.165) is 10.6 Å². The van der Waals surface area contributed by atoms with Crippen LogP contribution in [0.15, 0.2) is 28.0 Å². The lowest BCUT2D eigenvalue weighted by molar-refractivity contribution is -0.143. The summed E-state index contributed by atoms with van der Waals surface area (Å²) in [6, 6.07) is 6.20. The second-order valence-corrected chi connectivity index (χ2v) is 6.05. The lowest BCUT2D eigenvalue weighted by atomic mass is 10.2. The predicted molar refractivity (Wildman–Crippen MR) is 85.5 cm³/mol. The van der Waals surface area contributed by atoms with Gasteiger partial charge in [-0.1, -0.05) is 30.0 Å². The van der Waals surface area contributed by atoms with Crippen molar-refractivity contribution in [1.29, 1.82) is 0 Å². The molecule has 1 aromatic carbocycles. The van der Waals surface area contributed by atoms with Crippen molar-refractivity contribution < 1.29 is 14.3 Å². The zero-order valence-corrected chi connectivity index (χ0v) is 14.3. The van der Waals surface area contributed by atoms with Gasteiger partial charge in [0.15, 0.2) is 6.61 Å². The van der Waals surface area contributed by atoms with Crippen LogP contribution in [0.5, 0.6) is 5.88 Å². The summed E-state index contributed by atoms with van der Waals surface area (Å²) in [5.41, 5.74) is 3.27. The average Bonchev–Trinajstić information content (AvgIpc) is 2.74. The summed E-state index contributed by atoms with van der Waals surface area (Å²) in [6.45, 7) is 5.96. The molecule has 0 unspecified atom stereocenters. The first-order valence-electron chi connectivity index (χ1n) is 6.91. The van der Waals surface area contributed by atoms with E-state index in [9.17, 15) is 4.79 Å². The van der Waals surface area contributed by atoms with Gasteiger partial charge in [-0.3, -0.25) is 0 Å². The highest BCUT2D eigenvalue weighted by Gasteiger charge is 2.19. The van der Waals surface area contributed by atoms with Crippen LogP contribution in [0.3, 0.4) is 0 Å². The minimum Gasteiger partial charge on any atom is -0.466 e. The molecule has 0 aliphatic rings. The minimum atomic E-state index is -0.415. The van der Waals surface area contributed by atoms with Crippen LogP contribution in [0.25, 0.3) is 0 Å². The molecule has 0 fully saturated rings. The number of carbonyl (C=O) groups excluding carboxylic acids is 1. The number of methoxy groups -OCH3 is 1. The Balaban J connectivity index is 2.32. The largest absolute Gasteiger partial charge is 0.466 e. The molecule has 0 bridgehead atoms. The highest BCUT2D eigenvalue weighted by molar-refractivity contribution is 7.99. The fraction of sp³-hybridized carbons (Fsp3) is 0.375. The minimum absolute atomic E-state index is 0.129. The summed E-state index contributed by atoms with van der Waals surface area (Å²) in [5, 5.41) is 4.39. The quantitative estimate of drug-likeness (QED) is 0.793. The van der Waals surface area contributed by atoms with E-state index in [1.165, 1.54) is 23.1 Å². The predicted octanol–water partition coefficient (Wildman–Crippen LogP) is 3.05. The topological polar surface area (TPSA) is 53.4 Å². The number of carbonyl (C=O) groups is 1. The molecule has 5 nitrogen and oxygen atoms in total. The standard InChI is InChI=1S/C16H20N2O3S/c1-10-7-6-8-11(2)14(10)22-15-12(3)17-18(4)16(15)21-9-13(19)20-5/h6-8H,9H2,1-5H3. The summed E-state index contributed by atoms with van der Waals surface area (Å²) in [6.07, 6.45) is 0. The number of rotatable bonds is 5. The van der Waals surface area contributed by atoms with Gasteiger partial charge in [0.2, 0.25) is 5.88 Å². The summed E-state index contributed by atoms with van der Waals surface area (Å²) in [4.78, 5) is 13.4. The van der Waals surface area contributed by atoms with Crippen LogP contribution in [0, 0.1) is 20.8 Å². The number of esters is 1. The third kappa shape index (κ3) is 3.44. The second kappa shape index (κ2) is 6.87. The lowest BCUT2D eigenvalue weighted by Gasteiger charge is -2.11. The van der Waals surface area contributed by atoms with Crippen LogP contribution >= 0.6 is 11.8 Å². The Morgan fingerprint density at radius 1 is 1.23 bits per heavy atom. The molecule has 1 aromatic heterocycles. The van der Waals surface area contributed by atoms with Gasteiger partial charge < -0.3 is 9.47 Å². The van der Waals surface area contributed by atoms with Crippen LogP contribution in [-0.2, 0) is 16.6 Å². The smallest absolute Gasteiger partial charge is 0.343 e. The fourth-order valence-corrected chi connectivity index (χ4v) is 3.27. The van der Waals surface area contributed by atoms with Crippen LogP contribution in [0.1, 0.15) is 16.8 Å². The monoisotopic (exact) mass is 320 g/mol. The van der Waals surface area contributed by atoms with E-state index in [2.05, 4.69) is 35.8 Å². The number of aryl methyl sites for hydroxylation is 4. The van der Waals surface area contributed by atoms with Gasteiger partial charge in [-0.2, -0.15) is 5.10 Å². The Hall–Kier alpha value is -1.95. The third-order valence-electron chi connectivity index (χ3n) is 3.28. The number of hydrogen-bond donors (Lipinski definition) is 0. The van der Waals surface area contributed by atoms with Crippen molar-refractivity contribution in [3.05, 3.63) is 35.0 Å². The first kappa shape index (κ1) is 16.4. The summed E-state index contributed by atoms with van der Waals surface area (Å²) < 4.78 is 11.9. The molecule has 118 valence electrons. The van der Waals surface area contributed by atoms with Gasteiger partial charge in [0.25, 0.3) is 0 Å². The first-order chi connectivity index (χ1) is 10.4. The molecule has 0 aliphatic heterocycles. The third-order valence-corrected chi connectivity index (χ3v) is 4.81. The fourth-order valence-electron chi connectivity index (χ4n) is 2.14. The zero-order valence-electron chi connectivity index (χ0n) is 13.5. The van der Waals surface area contributed by atoms with E-state index < -0.39 is 5.97 Å². The number of benzene rings is 1. The highest BCUT2D eigenvalue weighted by atomic mass is 32.2. The molecule has 0 spiro atoms. The van der Waals surface area contributed by atoms with Crippen molar-refractivity contribution in [2.75, 3.05) is 13.7 Å². The number of aromatic nitrogens is 2. The number of ether oxygens (including phenoxy) is 2. The molecular formula is C16H20N2O3S. The molecule has 0 radical (unpaired) electrons. The molecule has 2 aromatic rings. The molecule has 0 saturated heterocycles. The molecule has 0 atom stereocenters. The van der Waals surface area contributed by atoms with Crippen LogP contribution < -0.4 is 4.74 Å². The Morgan fingerprint density at radius 2 is 1.86 bits per heavy atom. The Labute approximate surface area is 134 Å². The summed E-state index contributed by atoms with van der Waals surface area (Å²) >= 11 is 1.61. The van der Waals surface area contributed by atoms with E-state index >= 15 is 0 Å². The van der Waals surface area contributed by atoms with E-state index in [1.807, 2.05) is 13.0 Å². The highest BCUT2D eigenvalue weighted by Crippen LogP contribution is 2.40. The molecular weight excluding hydrogens is 300 g/mol. The maximum absolute atomic E-state index is 11.3. The second-order valence-electron chi connectivity index (χ2n) is 5.03. The van der Waals surface area contributed by atoms with E-state index in [-0.39, 0.29) is 6.61 Å². The number of hydrogen-bond acceptors (Lipinski definition) is 5. The first-order valence-corrected chi connectivity index (χ1v) is 7.73. The van der Waals surface area contributed by atoms with Gasteiger partial charge in [0, 0.05) is 11.9 Å². The van der Waals surface area contributed by atoms with Crippen molar-refractivity contribution >= 4 is 17.7 Å². The zero-order chi connectivity index (χ0) is 16.3. The van der Waals surface area contributed by atoms with Crippen LogP contribution in [0.2, 0.25) is 0 Å². The Bertz CT molecular complexity index is 675. The SMILES string of the molecule is COC(=O)COc1c(Sc2c(C)cccc2C)c(C)nn1C. The van der Waals surface area contributed by atoms with Crippen molar-refractivity contribution in [3.63, 3.8) is 0 Å². The molecule has 6 heteroatoms. The average molecular weight is 320 g/mol. The van der Waals surface area contributed by atoms with E-state index in [0.29, 0.717) is 5.88 Å². The van der Waals surface area contributed by atoms with Crippen molar-refractivity contribution in [2.45, 2.75) is 30.6 Å². The molecule has 22 heavy (non-hydrogen) atoms. The van der Waals surface area contributed by atoms with Gasteiger partial charge in [-0.05, 0) is 31.9 Å². The lowest BCUT2D eigenvalue weighted by Crippen LogP contribution is -2.14. The molecule has 0 aliphatic carbocycles. The van der Waals surface area contributed by atoms with Gasteiger partial charge in [0.1, 0.15) is 0 Å². The van der Waals surface area contributed by atoms with Gasteiger partial charge in [-0.15, -0.1) is 0 Å². The summed E-state index contributed by atoms with van der Waals surface area (Å²) in [7, 11) is 3.14. The summed E-state index contributed by atoms with van der Waals surface area (Å²) in [5.74, 6) is 0.164. The van der Waals surface area contributed by atoms with E-state index in [4.69, 9.17) is 4.74 Å². The normalized spacial score (nSPS) is 10.6. The Morgan fingerprint density at radius 3 is 2.45 bits per heavy atom. The van der Waals surface area contributed by atoms with Crippen molar-refractivity contribution in [3.8, 4) is 5.88 Å². The maximum Gasteiger partial charge on any atom is 0.343 e. The number of nitrogens with zero attached hydrogens (tertiary/aromatic N) is 2. The van der Waals surface area contributed by atoms with Gasteiger partial charge >= 0.3 is 5.97 Å². The van der Waals surface area contributed by atoms with Gasteiger partial charge in [-0.25, -0.2) is 9.48 Å². The van der Waals surface area contributed by atoms with Gasteiger partial charge in [0.05, 0.1) is 17.7 Å². The van der Waals surface area contributed by atoms with E-state index in [1.54, 1.807) is 23.5 Å². The van der Waals surface area contributed by atoms with Crippen LogP contribution in [-0.4, -0.2) is 29.5 Å². The molecule has 0 amide bonds. The molecule has 2 rings (SSSR count). The molecule has 0 saturated carbocycles. The van der Waals surface area contributed by atoms with Crippen LogP contribution in [0.4, 0.5) is 0 Å².